The number of hydrogen-bond donors (Lipinski definition) is 3. The smallest absolute Gasteiger partial charge is 0.251 e. The third-order valence-electron chi connectivity index (χ3n) is 5.12. The molecule has 2 aromatic rings. The molecule has 8 heteroatoms. The Morgan fingerprint density at radius 1 is 1.13 bits per heavy atom. The summed E-state index contributed by atoms with van der Waals surface area (Å²) in [6, 6.07) is 8.69. The Labute approximate surface area is 174 Å². The monoisotopic (exact) mass is 415 g/mol. The molecule has 0 spiro atoms. The van der Waals surface area contributed by atoms with Gasteiger partial charge in [0.05, 0.1) is 25.2 Å². The Hall–Kier alpha value is -2.84. The molecule has 1 saturated heterocycles. The molecule has 1 aliphatic heterocycles. The van der Waals surface area contributed by atoms with Crippen molar-refractivity contribution in [3.05, 3.63) is 65.7 Å². The highest BCUT2D eigenvalue weighted by atomic mass is 19.1. The summed E-state index contributed by atoms with van der Waals surface area (Å²) in [6.45, 7) is 0.254. The Morgan fingerprint density at radius 2 is 1.87 bits per heavy atom. The van der Waals surface area contributed by atoms with Crippen LogP contribution in [0.4, 0.5) is 4.39 Å². The standard InChI is InChI=1S/C22H26FN3O4/c23-17-3-1-16(2-4-17)22(29)26-19-6-5-18(30-20(19)14-27)13-21(28)25-12-9-15-7-10-24-11-8-15/h1-4,7-8,10-11,18-20,27H,5-6,9,12-14H2,(H,25,28)(H,26,29)/t18-,19+,20-/m1/s1. The fraction of sp³-hybridized carbons (Fsp3) is 0.409. The van der Waals surface area contributed by atoms with Gasteiger partial charge < -0.3 is 20.5 Å². The molecule has 3 rings (SSSR count). The van der Waals surface area contributed by atoms with Gasteiger partial charge in [0.2, 0.25) is 5.91 Å². The lowest BCUT2D eigenvalue weighted by Crippen LogP contribution is -2.51. The van der Waals surface area contributed by atoms with Crippen LogP contribution in [0.5, 0.6) is 0 Å². The van der Waals surface area contributed by atoms with Crippen molar-refractivity contribution in [1.29, 1.82) is 0 Å². The van der Waals surface area contributed by atoms with Crippen LogP contribution in [0.2, 0.25) is 0 Å². The minimum absolute atomic E-state index is 0.112. The summed E-state index contributed by atoms with van der Waals surface area (Å²) in [5, 5.41) is 15.4. The van der Waals surface area contributed by atoms with Crippen LogP contribution in [0, 0.1) is 5.82 Å². The van der Waals surface area contributed by atoms with Gasteiger partial charge in [0, 0.05) is 24.5 Å². The molecule has 2 amide bonds. The molecule has 0 unspecified atom stereocenters. The quantitative estimate of drug-likeness (QED) is 0.608. The average Bonchev–Trinajstić information content (AvgIpc) is 2.76. The van der Waals surface area contributed by atoms with Gasteiger partial charge in [0.1, 0.15) is 11.9 Å². The summed E-state index contributed by atoms with van der Waals surface area (Å²) in [6.07, 6.45) is 4.60. The highest BCUT2D eigenvalue weighted by molar-refractivity contribution is 5.94. The Morgan fingerprint density at radius 3 is 2.57 bits per heavy atom. The van der Waals surface area contributed by atoms with Crippen molar-refractivity contribution in [2.75, 3.05) is 13.2 Å². The van der Waals surface area contributed by atoms with E-state index in [4.69, 9.17) is 4.74 Å². The van der Waals surface area contributed by atoms with Gasteiger partial charge in [-0.1, -0.05) is 0 Å². The highest BCUT2D eigenvalue weighted by Gasteiger charge is 2.33. The molecule has 0 aliphatic carbocycles. The van der Waals surface area contributed by atoms with Gasteiger partial charge in [-0.15, -0.1) is 0 Å². The number of carbonyl (C=O) groups excluding carboxylic acids is 2. The highest BCUT2D eigenvalue weighted by Crippen LogP contribution is 2.22. The maximum Gasteiger partial charge on any atom is 0.251 e. The van der Waals surface area contributed by atoms with Crippen LogP contribution < -0.4 is 10.6 Å². The molecule has 1 aromatic carbocycles. The lowest BCUT2D eigenvalue weighted by molar-refractivity contribution is -0.130. The molecular formula is C22H26FN3O4. The first kappa shape index (κ1) is 21.9. The topological polar surface area (TPSA) is 101 Å². The van der Waals surface area contributed by atoms with Crippen molar-refractivity contribution in [3.8, 4) is 0 Å². The van der Waals surface area contributed by atoms with E-state index in [1.165, 1.54) is 24.3 Å². The lowest BCUT2D eigenvalue weighted by atomic mass is 9.96. The summed E-state index contributed by atoms with van der Waals surface area (Å²) < 4.78 is 18.9. The third kappa shape index (κ3) is 6.33. The molecule has 7 nitrogen and oxygen atoms in total. The number of aliphatic hydroxyl groups is 1. The van der Waals surface area contributed by atoms with Crippen molar-refractivity contribution in [3.63, 3.8) is 0 Å². The van der Waals surface area contributed by atoms with Crippen molar-refractivity contribution in [2.24, 2.45) is 0 Å². The molecule has 0 radical (unpaired) electrons. The Bertz CT molecular complexity index is 832. The van der Waals surface area contributed by atoms with Gasteiger partial charge in [0.25, 0.3) is 5.91 Å². The van der Waals surface area contributed by atoms with E-state index < -0.39 is 11.9 Å². The van der Waals surface area contributed by atoms with E-state index >= 15 is 0 Å². The second-order valence-electron chi connectivity index (χ2n) is 7.30. The molecule has 3 atom stereocenters. The van der Waals surface area contributed by atoms with Crippen molar-refractivity contribution in [2.45, 2.75) is 43.9 Å². The number of aromatic nitrogens is 1. The first-order valence-electron chi connectivity index (χ1n) is 10.0. The molecule has 2 heterocycles. The number of halogens is 1. The summed E-state index contributed by atoms with van der Waals surface area (Å²) in [7, 11) is 0. The van der Waals surface area contributed by atoms with Crippen LogP contribution in [0.15, 0.2) is 48.8 Å². The number of hydrogen-bond acceptors (Lipinski definition) is 5. The first-order valence-corrected chi connectivity index (χ1v) is 10.0. The zero-order valence-electron chi connectivity index (χ0n) is 16.6. The molecule has 0 saturated carbocycles. The predicted molar refractivity (Wildman–Crippen MR) is 108 cm³/mol. The predicted octanol–water partition coefficient (Wildman–Crippen LogP) is 1.61. The van der Waals surface area contributed by atoms with Gasteiger partial charge in [-0.25, -0.2) is 4.39 Å². The van der Waals surface area contributed by atoms with E-state index in [9.17, 15) is 19.1 Å². The molecule has 160 valence electrons. The Kier molecular flexibility index (Phi) is 7.87. The number of benzene rings is 1. The SMILES string of the molecule is O=C(C[C@H]1CC[C@H](NC(=O)c2ccc(F)cc2)[C@@H](CO)O1)NCCc1ccncc1. The zero-order valence-corrected chi connectivity index (χ0v) is 16.6. The van der Waals surface area contributed by atoms with Crippen molar-refractivity contribution >= 4 is 11.8 Å². The van der Waals surface area contributed by atoms with E-state index in [0.717, 1.165) is 12.0 Å². The number of aliphatic hydroxyl groups excluding tert-OH is 1. The maximum absolute atomic E-state index is 13.0. The van der Waals surface area contributed by atoms with Crippen molar-refractivity contribution in [1.82, 2.24) is 15.6 Å². The van der Waals surface area contributed by atoms with Gasteiger partial charge >= 0.3 is 0 Å². The van der Waals surface area contributed by atoms with E-state index in [0.29, 0.717) is 24.9 Å². The maximum atomic E-state index is 13.0. The number of nitrogens with zero attached hydrogens (tertiary/aromatic N) is 1. The molecule has 30 heavy (non-hydrogen) atoms. The number of carbonyl (C=O) groups is 2. The second kappa shape index (κ2) is 10.8. The molecular weight excluding hydrogens is 389 g/mol. The summed E-state index contributed by atoms with van der Waals surface area (Å²) >= 11 is 0. The minimum atomic E-state index is -0.599. The van der Waals surface area contributed by atoms with Gasteiger partial charge in [-0.05, 0) is 61.2 Å². The van der Waals surface area contributed by atoms with E-state index in [-0.39, 0.29) is 37.0 Å². The van der Waals surface area contributed by atoms with E-state index in [1.54, 1.807) is 12.4 Å². The number of rotatable bonds is 8. The third-order valence-corrected chi connectivity index (χ3v) is 5.12. The molecule has 1 fully saturated rings. The van der Waals surface area contributed by atoms with Crippen LogP contribution >= 0.6 is 0 Å². The van der Waals surface area contributed by atoms with Crippen LogP contribution in [-0.2, 0) is 16.0 Å². The molecule has 0 bridgehead atoms. The fourth-order valence-electron chi connectivity index (χ4n) is 3.47. The molecule has 3 N–H and O–H groups in total. The largest absolute Gasteiger partial charge is 0.394 e. The van der Waals surface area contributed by atoms with Crippen LogP contribution in [0.25, 0.3) is 0 Å². The lowest BCUT2D eigenvalue weighted by Gasteiger charge is -2.36. The Balaban J connectivity index is 1.43. The second-order valence-corrected chi connectivity index (χ2v) is 7.30. The van der Waals surface area contributed by atoms with Crippen molar-refractivity contribution < 1.29 is 23.8 Å². The minimum Gasteiger partial charge on any atom is -0.394 e. The summed E-state index contributed by atoms with van der Waals surface area (Å²) in [5.41, 5.74) is 1.43. The van der Waals surface area contributed by atoms with Crippen LogP contribution in [0.3, 0.4) is 0 Å². The van der Waals surface area contributed by atoms with Crippen LogP contribution in [0.1, 0.15) is 35.2 Å². The summed E-state index contributed by atoms with van der Waals surface area (Å²) in [4.78, 5) is 28.5. The van der Waals surface area contributed by atoms with E-state index in [2.05, 4.69) is 15.6 Å². The molecule has 1 aliphatic rings. The number of nitrogens with one attached hydrogen (secondary N) is 2. The zero-order chi connectivity index (χ0) is 21.3. The number of amides is 2. The fourth-order valence-corrected chi connectivity index (χ4v) is 3.47. The number of ether oxygens (including phenoxy) is 1. The average molecular weight is 415 g/mol. The summed E-state index contributed by atoms with van der Waals surface area (Å²) in [5.74, 6) is -0.878. The first-order chi connectivity index (χ1) is 14.5. The van der Waals surface area contributed by atoms with Gasteiger partial charge in [-0.3, -0.25) is 14.6 Å². The normalized spacial score (nSPS) is 21.1. The van der Waals surface area contributed by atoms with Crippen LogP contribution in [-0.4, -0.2) is 53.3 Å². The molecule has 1 aromatic heterocycles. The van der Waals surface area contributed by atoms with Gasteiger partial charge in [-0.2, -0.15) is 0 Å². The van der Waals surface area contributed by atoms with Gasteiger partial charge in [0.15, 0.2) is 0 Å². The number of pyridine rings is 1. The van der Waals surface area contributed by atoms with E-state index in [1.807, 2.05) is 12.1 Å².